The summed E-state index contributed by atoms with van der Waals surface area (Å²) in [7, 11) is 0. The monoisotopic (exact) mass is 270 g/mol. The summed E-state index contributed by atoms with van der Waals surface area (Å²) in [5.74, 6) is 0.927. The molecule has 0 radical (unpaired) electrons. The summed E-state index contributed by atoms with van der Waals surface area (Å²) in [5, 5.41) is 3.29. The molecular weight excluding hydrogens is 256 g/mol. The third-order valence-corrected chi connectivity index (χ3v) is 2.99. The summed E-state index contributed by atoms with van der Waals surface area (Å²) in [6, 6.07) is 3.96. The van der Waals surface area contributed by atoms with Gasteiger partial charge in [0.2, 0.25) is 0 Å². The van der Waals surface area contributed by atoms with Gasteiger partial charge in [-0.15, -0.1) is 0 Å². The zero-order chi connectivity index (χ0) is 10.5. The van der Waals surface area contributed by atoms with Crippen molar-refractivity contribution < 1.29 is 4.74 Å². The summed E-state index contributed by atoms with van der Waals surface area (Å²) in [6.07, 6.45) is 5.73. The average Bonchev–Trinajstić information content (AvgIpc) is 2.74. The Morgan fingerprint density at radius 3 is 3.13 bits per heavy atom. The topological polar surface area (TPSA) is 34.1 Å². The molecule has 4 heteroatoms. The van der Waals surface area contributed by atoms with Gasteiger partial charge in [0.05, 0.1) is 6.10 Å². The summed E-state index contributed by atoms with van der Waals surface area (Å²) < 4.78 is 6.55. The van der Waals surface area contributed by atoms with Gasteiger partial charge in [0.15, 0.2) is 0 Å². The van der Waals surface area contributed by atoms with E-state index in [0.29, 0.717) is 6.10 Å². The molecule has 1 fully saturated rings. The lowest BCUT2D eigenvalue weighted by atomic mass is 10.2. The van der Waals surface area contributed by atoms with Crippen LogP contribution < -0.4 is 5.32 Å². The van der Waals surface area contributed by atoms with E-state index in [-0.39, 0.29) is 0 Å². The van der Waals surface area contributed by atoms with Gasteiger partial charge in [0.25, 0.3) is 0 Å². The standard InChI is InChI=1S/C11H15BrN2O/c12-9-3-4-11(14-8-9)13-6-5-10-2-1-7-15-10/h3-4,8,10H,1-2,5-7H2,(H,13,14). The average molecular weight is 271 g/mol. The van der Waals surface area contributed by atoms with E-state index >= 15 is 0 Å². The highest BCUT2D eigenvalue weighted by Gasteiger charge is 2.14. The minimum atomic E-state index is 0.452. The first-order chi connectivity index (χ1) is 7.34. The van der Waals surface area contributed by atoms with E-state index in [9.17, 15) is 0 Å². The van der Waals surface area contributed by atoms with E-state index in [4.69, 9.17) is 4.74 Å². The molecule has 0 aliphatic carbocycles. The number of pyridine rings is 1. The van der Waals surface area contributed by atoms with Crippen LogP contribution in [0.25, 0.3) is 0 Å². The predicted octanol–water partition coefficient (Wildman–Crippen LogP) is 2.83. The number of nitrogens with zero attached hydrogens (tertiary/aromatic N) is 1. The zero-order valence-corrected chi connectivity index (χ0v) is 10.2. The molecule has 15 heavy (non-hydrogen) atoms. The predicted molar refractivity (Wildman–Crippen MR) is 64.0 cm³/mol. The lowest BCUT2D eigenvalue weighted by molar-refractivity contribution is 0.107. The molecule has 0 bridgehead atoms. The summed E-state index contributed by atoms with van der Waals surface area (Å²) in [4.78, 5) is 4.24. The van der Waals surface area contributed by atoms with Crippen LogP contribution in [-0.4, -0.2) is 24.2 Å². The Morgan fingerprint density at radius 1 is 1.53 bits per heavy atom. The Kier molecular flexibility index (Phi) is 3.97. The van der Waals surface area contributed by atoms with Crippen LogP contribution >= 0.6 is 15.9 Å². The van der Waals surface area contributed by atoms with Gasteiger partial charge < -0.3 is 10.1 Å². The maximum atomic E-state index is 5.54. The molecule has 1 saturated heterocycles. The molecule has 0 amide bonds. The van der Waals surface area contributed by atoms with Gasteiger partial charge in [-0.25, -0.2) is 4.98 Å². The molecule has 1 aliphatic heterocycles. The number of anilines is 1. The number of aromatic nitrogens is 1. The first-order valence-corrected chi connectivity index (χ1v) is 6.11. The van der Waals surface area contributed by atoms with E-state index in [2.05, 4.69) is 26.2 Å². The van der Waals surface area contributed by atoms with E-state index in [1.54, 1.807) is 6.20 Å². The van der Waals surface area contributed by atoms with Crippen LogP contribution in [0.2, 0.25) is 0 Å². The SMILES string of the molecule is Brc1ccc(NCCC2CCCO2)nc1. The Labute approximate surface area is 98.4 Å². The lowest BCUT2D eigenvalue weighted by Gasteiger charge is -2.10. The van der Waals surface area contributed by atoms with Crippen LogP contribution in [0.1, 0.15) is 19.3 Å². The van der Waals surface area contributed by atoms with Crippen molar-refractivity contribution in [1.29, 1.82) is 0 Å². The quantitative estimate of drug-likeness (QED) is 0.914. The van der Waals surface area contributed by atoms with Gasteiger partial charge in [0, 0.05) is 23.8 Å². The number of ether oxygens (including phenoxy) is 1. The molecule has 1 aromatic heterocycles. The maximum Gasteiger partial charge on any atom is 0.125 e. The van der Waals surface area contributed by atoms with Gasteiger partial charge >= 0.3 is 0 Å². The fourth-order valence-electron chi connectivity index (χ4n) is 1.71. The molecular formula is C11H15BrN2O. The number of halogens is 1. The Morgan fingerprint density at radius 2 is 2.47 bits per heavy atom. The van der Waals surface area contributed by atoms with Crippen LogP contribution in [0.3, 0.4) is 0 Å². The fraction of sp³-hybridized carbons (Fsp3) is 0.545. The smallest absolute Gasteiger partial charge is 0.125 e. The van der Waals surface area contributed by atoms with Gasteiger partial charge in [-0.2, -0.15) is 0 Å². The van der Waals surface area contributed by atoms with Crippen molar-refractivity contribution >= 4 is 21.7 Å². The minimum absolute atomic E-state index is 0.452. The first-order valence-electron chi connectivity index (χ1n) is 5.31. The maximum absolute atomic E-state index is 5.54. The van der Waals surface area contributed by atoms with Crippen LogP contribution in [0.15, 0.2) is 22.8 Å². The molecule has 3 nitrogen and oxygen atoms in total. The summed E-state index contributed by atoms with van der Waals surface area (Å²) >= 11 is 3.36. The second-order valence-electron chi connectivity index (χ2n) is 3.71. The highest BCUT2D eigenvalue weighted by molar-refractivity contribution is 9.10. The van der Waals surface area contributed by atoms with Crippen molar-refractivity contribution in [3.8, 4) is 0 Å². The minimum Gasteiger partial charge on any atom is -0.378 e. The molecule has 1 aliphatic rings. The molecule has 0 spiro atoms. The van der Waals surface area contributed by atoms with Crippen LogP contribution in [0, 0.1) is 0 Å². The van der Waals surface area contributed by atoms with E-state index in [1.807, 2.05) is 12.1 Å². The normalized spacial score (nSPS) is 20.5. The molecule has 82 valence electrons. The van der Waals surface area contributed by atoms with E-state index < -0.39 is 0 Å². The highest BCUT2D eigenvalue weighted by atomic mass is 79.9. The molecule has 0 saturated carbocycles. The van der Waals surface area contributed by atoms with Crippen LogP contribution in [0.5, 0.6) is 0 Å². The first kappa shape index (κ1) is 10.9. The third-order valence-electron chi connectivity index (χ3n) is 2.52. The number of rotatable bonds is 4. The van der Waals surface area contributed by atoms with Crippen molar-refractivity contribution in [3.05, 3.63) is 22.8 Å². The van der Waals surface area contributed by atoms with Gasteiger partial charge in [0.1, 0.15) is 5.82 Å². The van der Waals surface area contributed by atoms with Gasteiger partial charge in [-0.05, 0) is 47.3 Å². The van der Waals surface area contributed by atoms with Crippen LogP contribution in [0.4, 0.5) is 5.82 Å². The Bertz CT molecular complexity index is 296. The van der Waals surface area contributed by atoms with E-state index in [0.717, 1.165) is 29.9 Å². The summed E-state index contributed by atoms with van der Waals surface area (Å²) in [5.41, 5.74) is 0. The molecule has 1 aromatic rings. The number of hydrogen-bond donors (Lipinski definition) is 1. The number of nitrogens with one attached hydrogen (secondary N) is 1. The molecule has 1 N–H and O–H groups in total. The summed E-state index contributed by atoms with van der Waals surface area (Å²) in [6.45, 7) is 1.86. The van der Waals surface area contributed by atoms with Crippen molar-refractivity contribution in [3.63, 3.8) is 0 Å². The number of hydrogen-bond acceptors (Lipinski definition) is 3. The largest absolute Gasteiger partial charge is 0.378 e. The molecule has 1 atom stereocenters. The fourth-order valence-corrected chi connectivity index (χ4v) is 1.95. The third kappa shape index (κ3) is 3.47. The van der Waals surface area contributed by atoms with Crippen molar-refractivity contribution in [2.24, 2.45) is 0 Å². The second kappa shape index (κ2) is 5.47. The van der Waals surface area contributed by atoms with Gasteiger partial charge in [-0.1, -0.05) is 0 Å². The second-order valence-corrected chi connectivity index (χ2v) is 4.63. The molecule has 2 rings (SSSR count). The molecule has 2 heterocycles. The zero-order valence-electron chi connectivity index (χ0n) is 8.58. The molecule has 1 unspecified atom stereocenters. The highest BCUT2D eigenvalue weighted by Crippen LogP contribution is 2.15. The Hall–Kier alpha value is -0.610. The lowest BCUT2D eigenvalue weighted by Crippen LogP contribution is -2.12. The van der Waals surface area contributed by atoms with Crippen molar-refractivity contribution in [2.75, 3.05) is 18.5 Å². The van der Waals surface area contributed by atoms with E-state index in [1.165, 1.54) is 12.8 Å². The van der Waals surface area contributed by atoms with Crippen molar-refractivity contribution in [2.45, 2.75) is 25.4 Å². The van der Waals surface area contributed by atoms with Crippen molar-refractivity contribution in [1.82, 2.24) is 4.98 Å². The molecule has 0 aromatic carbocycles. The van der Waals surface area contributed by atoms with Crippen LogP contribution in [-0.2, 0) is 4.74 Å². The Balaban J connectivity index is 1.71. The van der Waals surface area contributed by atoms with Gasteiger partial charge in [-0.3, -0.25) is 0 Å².